The number of nitrogens with zero attached hydrogens (tertiary/aromatic N) is 2. The van der Waals surface area contributed by atoms with Crippen molar-refractivity contribution in [3.8, 4) is 0 Å². The van der Waals surface area contributed by atoms with Crippen molar-refractivity contribution in [1.29, 1.82) is 0 Å². The van der Waals surface area contributed by atoms with E-state index >= 15 is 0 Å². The fraction of sp³-hybridized carbons (Fsp3) is 0.417. The average molecular weight is 251 g/mol. The molecule has 1 aromatic rings. The topological polar surface area (TPSA) is 62.3 Å². The van der Waals surface area contributed by atoms with E-state index in [0.717, 1.165) is 6.20 Å². The van der Waals surface area contributed by atoms with Crippen molar-refractivity contribution >= 4 is 11.8 Å². The van der Waals surface area contributed by atoms with Crippen LogP contribution in [-0.2, 0) is 16.1 Å². The molecule has 18 heavy (non-hydrogen) atoms. The standard InChI is InChI=1S/C12H14FN3O2/c1-7-12(18)16(8(2)11(17)15-7)6-9-3-10(13)5-14-4-9/h3-5,7-8H,6H2,1-2H3,(H,15,17). The second kappa shape index (κ2) is 4.72. The van der Waals surface area contributed by atoms with Crippen molar-refractivity contribution in [2.24, 2.45) is 0 Å². The summed E-state index contributed by atoms with van der Waals surface area (Å²) in [7, 11) is 0. The number of aromatic nitrogens is 1. The molecule has 2 heterocycles. The van der Waals surface area contributed by atoms with Gasteiger partial charge in [0.15, 0.2) is 0 Å². The predicted octanol–water partition coefficient (Wildman–Crippen LogP) is 0.456. The fourth-order valence-electron chi connectivity index (χ4n) is 1.93. The van der Waals surface area contributed by atoms with E-state index in [1.807, 2.05) is 0 Å². The van der Waals surface area contributed by atoms with E-state index in [0.29, 0.717) is 5.56 Å². The summed E-state index contributed by atoms with van der Waals surface area (Å²) < 4.78 is 13.0. The summed E-state index contributed by atoms with van der Waals surface area (Å²) in [6.45, 7) is 3.46. The number of halogens is 1. The second-order valence-electron chi connectivity index (χ2n) is 4.38. The Morgan fingerprint density at radius 2 is 2.11 bits per heavy atom. The smallest absolute Gasteiger partial charge is 0.245 e. The highest BCUT2D eigenvalue weighted by Gasteiger charge is 2.35. The molecule has 0 spiro atoms. The summed E-state index contributed by atoms with van der Waals surface area (Å²) >= 11 is 0. The SMILES string of the molecule is CC1NC(=O)C(C)N(Cc2cncc(F)c2)C1=O. The molecule has 1 saturated heterocycles. The summed E-state index contributed by atoms with van der Waals surface area (Å²) in [4.78, 5) is 28.7. The van der Waals surface area contributed by atoms with Crippen molar-refractivity contribution in [2.45, 2.75) is 32.5 Å². The van der Waals surface area contributed by atoms with Crippen LogP contribution in [0.25, 0.3) is 0 Å². The minimum atomic E-state index is -0.558. The van der Waals surface area contributed by atoms with Gasteiger partial charge in [0, 0.05) is 12.7 Å². The Bertz CT molecular complexity index is 492. The van der Waals surface area contributed by atoms with Crippen LogP contribution in [-0.4, -0.2) is 33.8 Å². The molecule has 2 atom stereocenters. The lowest BCUT2D eigenvalue weighted by Gasteiger charge is -2.36. The molecule has 0 aliphatic carbocycles. The molecule has 2 amide bonds. The number of pyridine rings is 1. The summed E-state index contributed by atoms with van der Waals surface area (Å²) in [5.74, 6) is -0.833. The van der Waals surface area contributed by atoms with Crippen LogP contribution in [0.3, 0.4) is 0 Å². The predicted molar refractivity (Wildman–Crippen MR) is 61.8 cm³/mol. The number of nitrogens with one attached hydrogen (secondary N) is 1. The largest absolute Gasteiger partial charge is 0.343 e. The summed E-state index contributed by atoms with van der Waals surface area (Å²) in [6.07, 6.45) is 2.58. The van der Waals surface area contributed by atoms with Crippen LogP contribution in [0.4, 0.5) is 4.39 Å². The molecule has 1 aliphatic rings. The van der Waals surface area contributed by atoms with Gasteiger partial charge in [-0.3, -0.25) is 14.6 Å². The lowest BCUT2D eigenvalue weighted by atomic mass is 10.1. The Hall–Kier alpha value is -1.98. The van der Waals surface area contributed by atoms with Crippen LogP contribution in [0.2, 0.25) is 0 Å². The number of hydrogen-bond acceptors (Lipinski definition) is 3. The first-order valence-corrected chi connectivity index (χ1v) is 5.69. The first kappa shape index (κ1) is 12.5. The Morgan fingerprint density at radius 1 is 1.39 bits per heavy atom. The van der Waals surface area contributed by atoms with Crippen LogP contribution in [0, 0.1) is 5.82 Å². The van der Waals surface area contributed by atoms with Crippen LogP contribution in [0.1, 0.15) is 19.4 Å². The average Bonchev–Trinajstić information content (AvgIpc) is 2.32. The third-order valence-corrected chi connectivity index (χ3v) is 2.97. The van der Waals surface area contributed by atoms with Crippen LogP contribution >= 0.6 is 0 Å². The second-order valence-corrected chi connectivity index (χ2v) is 4.38. The molecule has 1 aliphatic heterocycles. The lowest BCUT2D eigenvalue weighted by molar-refractivity contribution is -0.148. The minimum absolute atomic E-state index is 0.175. The van der Waals surface area contributed by atoms with Crippen molar-refractivity contribution < 1.29 is 14.0 Å². The molecule has 96 valence electrons. The number of carbonyl (C=O) groups excluding carboxylic acids is 2. The number of piperazine rings is 1. The minimum Gasteiger partial charge on any atom is -0.343 e. The first-order valence-electron chi connectivity index (χ1n) is 5.69. The maximum atomic E-state index is 13.0. The van der Waals surface area contributed by atoms with Gasteiger partial charge >= 0.3 is 0 Å². The van der Waals surface area contributed by atoms with Gasteiger partial charge in [0.05, 0.1) is 6.20 Å². The molecule has 1 N–H and O–H groups in total. The number of rotatable bonds is 2. The van der Waals surface area contributed by atoms with E-state index in [-0.39, 0.29) is 18.4 Å². The Morgan fingerprint density at radius 3 is 2.78 bits per heavy atom. The number of hydrogen-bond donors (Lipinski definition) is 1. The molecule has 0 radical (unpaired) electrons. The fourth-order valence-corrected chi connectivity index (χ4v) is 1.93. The van der Waals surface area contributed by atoms with Crippen molar-refractivity contribution in [3.05, 3.63) is 29.8 Å². The van der Waals surface area contributed by atoms with Gasteiger partial charge in [0.2, 0.25) is 11.8 Å². The van der Waals surface area contributed by atoms with E-state index in [1.165, 1.54) is 17.2 Å². The normalized spacial score (nSPS) is 24.1. The lowest BCUT2D eigenvalue weighted by Crippen LogP contribution is -2.60. The van der Waals surface area contributed by atoms with Crippen LogP contribution in [0.15, 0.2) is 18.5 Å². The van der Waals surface area contributed by atoms with Gasteiger partial charge in [-0.2, -0.15) is 0 Å². The highest BCUT2D eigenvalue weighted by molar-refractivity contribution is 5.96. The molecule has 6 heteroatoms. The van der Waals surface area contributed by atoms with E-state index in [4.69, 9.17) is 0 Å². The van der Waals surface area contributed by atoms with Crippen molar-refractivity contribution in [1.82, 2.24) is 15.2 Å². The summed E-state index contributed by atoms with van der Waals surface area (Å²) in [5.41, 5.74) is 0.567. The van der Waals surface area contributed by atoms with Crippen molar-refractivity contribution in [2.75, 3.05) is 0 Å². The highest BCUT2D eigenvalue weighted by Crippen LogP contribution is 2.14. The Kier molecular flexibility index (Phi) is 3.27. The molecule has 2 rings (SSSR count). The molecule has 1 aromatic heterocycles. The molecule has 0 bridgehead atoms. The van der Waals surface area contributed by atoms with Gasteiger partial charge in [-0.15, -0.1) is 0 Å². The maximum Gasteiger partial charge on any atom is 0.245 e. The Balaban J connectivity index is 2.20. The molecule has 5 nitrogen and oxygen atoms in total. The van der Waals surface area contributed by atoms with Gasteiger partial charge in [0.25, 0.3) is 0 Å². The van der Waals surface area contributed by atoms with E-state index in [1.54, 1.807) is 13.8 Å². The van der Waals surface area contributed by atoms with Gasteiger partial charge in [-0.05, 0) is 25.5 Å². The molecular weight excluding hydrogens is 237 g/mol. The first-order chi connectivity index (χ1) is 8.49. The zero-order valence-electron chi connectivity index (χ0n) is 10.2. The Labute approximate surface area is 104 Å². The molecule has 1 fully saturated rings. The number of carbonyl (C=O) groups is 2. The summed E-state index contributed by atoms with van der Waals surface area (Å²) in [6, 6.07) is 0.205. The van der Waals surface area contributed by atoms with E-state index in [9.17, 15) is 14.0 Å². The van der Waals surface area contributed by atoms with Gasteiger partial charge in [-0.25, -0.2) is 4.39 Å². The van der Waals surface area contributed by atoms with E-state index in [2.05, 4.69) is 10.3 Å². The third-order valence-electron chi connectivity index (χ3n) is 2.97. The monoisotopic (exact) mass is 251 g/mol. The van der Waals surface area contributed by atoms with Crippen LogP contribution < -0.4 is 5.32 Å². The molecular formula is C12H14FN3O2. The molecule has 0 saturated carbocycles. The number of amides is 2. The van der Waals surface area contributed by atoms with Crippen molar-refractivity contribution in [3.63, 3.8) is 0 Å². The maximum absolute atomic E-state index is 13.0. The van der Waals surface area contributed by atoms with Gasteiger partial charge < -0.3 is 10.2 Å². The zero-order chi connectivity index (χ0) is 13.3. The van der Waals surface area contributed by atoms with Gasteiger partial charge in [0.1, 0.15) is 17.9 Å². The van der Waals surface area contributed by atoms with E-state index < -0.39 is 17.9 Å². The summed E-state index contributed by atoms with van der Waals surface area (Å²) in [5, 5.41) is 2.59. The molecule has 2 unspecified atom stereocenters. The molecule has 0 aromatic carbocycles. The third kappa shape index (κ3) is 2.32. The van der Waals surface area contributed by atoms with Crippen LogP contribution in [0.5, 0.6) is 0 Å². The quantitative estimate of drug-likeness (QED) is 0.830. The van der Waals surface area contributed by atoms with Gasteiger partial charge in [-0.1, -0.05) is 0 Å². The zero-order valence-corrected chi connectivity index (χ0v) is 10.2. The highest BCUT2D eigenvalue weighted by atomic mass is 19.1.